The van der Waals surface area contributed by atoms with E-state index in [-0.39, 0.29) is 5.91 Å². The lowest BCUT2D eigenvalue weighted by molar-refractivity contribution is -0.116. The average molecular weight is 388 g/mol. The predicted molar refractivity (Wildman–Crippen MR) is 116 cm³/mol. The van der Waals surface area contributed by atoms with E-state index in [1.54, 1.807) is 13.3 Å². The van der Waals surface area contributed by atoms with E-state index in [4.69, 9.17) is 9.47 Å². The number of nitrogens with one attached hydrogen (secondary N) is 1. The van der Waals surface area contributed by atoms with Crippen LogP contribution in [0.4, 0.5) is 5.69 Å². The van der Waals surface area contributed by atoms with Crippen LogP contribution >= 0.6 is 0 Å². The molecule has 5 heteroatoms. The van der Waals surface area contributed by atoms with E-state index in [1.165, 1.54) is 0 Å². The number of pyridine rings is 1. The lowest BCUT2D eigenvalue weighted by atomic mass is 10.1. The number of hydrogen-bond donors (Lipinski definition) is 1. The van der Waals surface area contributed by atoms with Gasteiger partial charge >= 0.3 is 0 Å². The number of anilines is 1. The van der Waals surface area contributed by atoms with Crippen LogP contribution in [0.2, 0.25) is 0 Å². The fraction of sp³-hybridized carbons (Fsp3) is 0.167. The maximum Gasteiger partial charge on any atom is 0.224 e. The molecule has 0 aliphatic carbocycles. The summed E-state index contributed by atoms with van der Waals surface area (Å²) in [6, 6.07) is 20.9. The van der Waals surface area contributed by atoms with E-state index in [0.29, 0.717) is 19.4 Å². The summed E-state index contributed by atoms with van der Waals surface area (Å²) in [6.07, 6.45) is 6.70. The molecule has 1 aromatic heterocycles. The highest BCUT2D eigenvalue weighted by molar-refractivity contribution is 5.91. The molecule has 0 saturated carbocycles. The van der Waals surface area contributed by atoms with E-state index in [0.717, 1.165) is 28.4 Å². The second-order valence-corrected chi connectivity index (χ2v) is 6.39. The third-order valence-electron chi connectivity index (χ3n) is 4.18. The Bertz CT molecular complexity index is 938. The van der Waals surface area contributed by atoms with Gasteiger partial charge in [-0.25, -0.2) is 0 Å². The van der Waals surface area contributed by atoms with Crippen LogP contribution in [0.25, 0.3) is 12.2 Å². The summed E-state index contributed by atoms with van der Waals surface area (Å²) in [7, 11) is 1.63. The molecule has 3 aromatic rings. The minimum atomic E-state index is -0.0332. The van der Waals surface area contributed by atoms with Gasteiger partial charge in [0.05, 0.1) is 19.4 Å². The Hall–Kier alpha value is -3.60. The van der Waals surface area contributed by atoms with Crippen molar-refractivity contribution >= 4 is 23.7 Å². The molecule has 0 aliphatic rings. The molecule has 0 unspecified atom stereocenters. The van der Waals surface area contributed by atoms with Crippen LogP contribution in [0, 0.1) is 0 Å². The molecule has 0 fully saturated rings. The van der Waals surface area contributed by atoms with Gasteiger partial charge in [-0.05, 0) is 66.6 Å². The molecule has 0 bridgehead atoms. The van der Waals surface area contributed by atoms with E-state index < -0.39 is 0 Å². The second-order valence-electron chi connectivity index (χ2n) is 6.39. The summed E-state index contributed by atoms with van der Waals surface area (Å²) in [4.78, 5) is 16.4. The number of benzene rings is 2. The highest BCUT2D eigenvalue weighted by Crippen LogP contribution is 2.17. The summed E-state index contributed by atoms with van der Waals surface area (Å²) in [5.74, 6) is 1.52. The van der Waals surface area contributed by atoms with Crippen LogP contribution in [-0.4, -0.2) is 24.6 Å². The fourth-order valence-electron chi connectivity index (χ4n) is 2.69. The standard InChI is InChI=1S/C24H24N2O3/c1-28-22-12-14-23(15-13-22)29-17-5-9-24(27)26-21-8-4-6-19(18-21)10-11-20-7-2-3-16-25-20/h2-4,6-8,10-16,18H,5,9,17H2,1H3,(H,26,27). The lowest BCUT2D eigenvalue weighted by Crippen LogP contribution is -2.12. The highest BCUT2D eigenvalue weighted by atomic mass is 16.5. The molecule has 2 aromatic carbocycles. The summed E-state index contributed by atoms with van der Waals surface area (Å²) in [5.41, 5.74) is 2.66. The number of aromatic nitrogens is 1. The van der Waals surface area contributed by atoms with Crippen molar-refractivity contribution in [3.05, 3.63) is 84.2 Å². The molecule has 0 spiro atoms. The van der Waals surface area contributed by atoms with Crippen molar-refractivity contribution in [1.29, 1.82) is 0 Å². The first-order chi connectivity index (χ1) is 14.2. The summed E-state index contributed by atoms with van der Waals surface area (Å²) >= 11 is 0. The first-order valence-corrected chi connectivity index (χ1v) is 9.49. The van der Waals surface area contributed by atoms with Crippen molar-refractivity contribution in [1.82, 2.24) is 4.98 Å². The number of carbonyl (C=O) groups excluding carboxylic acids is 1. The van der Waals surface area contributed by atoms with E-state index >= 15 is 0 Å². The Balaban J connectivity index is 1.43. The van der Waals surface area contributed by atoms with Crippen molar-refractivity contribution in [3.63, 3.8) is 0 Å². The van der Waals surface area contributed by atoms with Crippen molar-refractivity contribution < 1.29 is 14.3 Å². The predicted octanol–water partition coefficient (Wildman–Crippen LogP) is 5.06. The Morgan fingerprint density at radius 2 is 1.83 bits per heavy atom. The molecule has 148 valence electrons. The number of ether oxygens (including phenoxy) is 2. The summed E-state index contributed by atoms with van der Waals surface area (Å²) in [5, 5.41) is 2.93. The van der Waals surface area contributed by atoms with Gasteiger partial charge in [-0.15, -0.1) is 0 Å². The minimum Gasteiger partial charge on any atom is -0.497 e. The molecule has 0 aliphatic heterocycles. The highest BCUT2D eigenvalue weighted by Gasteiger charge is 2.03. The van der Waals surface area contributed by atoms with Gasteiger partial charge in [-0.3, -0.25) is 9.78 Å². The van der Waals surface area contributed by atoms with Crippen molar-refractivity contribution in [2.24, 2.45) is 0 Å². The average Bonchev–Trinajstić information content (AvgIpc) is 2.77. The first kappa shape index (κ1) is 20.1. The zero-order valence-corrected chi connectivity index (χ0v) is 16.4. The SMILES string of the molecule is COc1ccc(OCCCC(=O)Nc2cccc(C=Cc3ccccn3)c2)cc1. The van der Waals surface area contributed by atoms with Gasteiger partial charge in [-0.1, -0.05) is 24.3 Å². The van der Waals surface area contributed by atoms with Crippen LogP contribution in [0.15, 0.2) is 72.9 Å². The van der Waals surface area contributed by atoms with Gasteiger partial charge in [0.25, 0.3) is 0 Å². The number of carbonyl (C=O) groups is 1. The zero-order chi connectivity index (χ0) is 20.3. The molecule has 0 radical (unpaired) electrons. The van der Waals surface area contributed by atoms with Crippen LogP contribution in [0.5, 0.6) is 11.5 Å². The molecule has 29 heavy (non-hydrogen) atoms. The number of hydrogen-bond acceptors (Lipinski definition) is 4. The largest absolute Gasteiger partial charge is 0.497 e. The monoisotopic (exact) mass is 388 g/mol. The topological polar surface area (TPSA) is 60.5 Å². The van der Waals surface area contributed by atoms with Crippen LogP contribution in [0.1, 0.15) is 24.1 Å². The van der Waals surface area contributed by atoms with E-state index in [1.807, 2.05) is 78.9 Å². The van der Waals surface area contributed by atoms with Gasteiger partial charge < -0.3 is 14.8 Å². The molecule has 1 amide bonds. The van der Waals surface area contributed by atoms with Gasteiger partial charge in [-0.2, -0.15) is 0 Å². The van der Waals surface area contributed by atoms with Crippen LogP contribution in [0.3, 0.4) is 0 Å². The molecule has 0 saturated heterocycles. The summed E-state index contributed by atoms with van der Waals surface area (Å²) < 4.78 is 10.8. The molecule has 1 N–H and O–H groups in total. The first-order valence-electron chi connectivity index (χ1n) is 9.49. The van der Waals surface area contributed by atoms with Gasteiger partial charge in [0, 0.05) is 18.3 Å². The third-order valence-corrected chi connectivity index (χ3v) is 4.18. The molecular weight excluding hydrogens is 364 g/mol. The van der Waals surface area contributed by atoms with E-state index in [9.17, 15) is 4.79 Å². The Morgan fingerprint density at radius 1 is 1.00 bits per heavy atom. The molecule has 3 rings (SSSR count). The number of nitrogens with zero attached hydrogens (tertiary/aromatic N) is 1. The maximum atomic E-state index is 12.2. The molecule has 5 nitrogen and oxygen atoms in total. The van der Waals surface area contributed by atoms with Gasteiger partial charge in [0.2, 0.25) is 5.91 Å². The smallest absolute Gasteiger partial charge is 0.224 e. The van der Waals surface area contributed by atoms with Crippen molar-refractivity contribution in [3.8, 4) is 11.5 Å². The van der Waals surface area contributed by atoms with Crippen molar-refractivity contribution in [2.45, 2.75) is 12.8 Å². The normalized spacial score (nSPS) is 10.7. The van der Waals surface area contributed by atoms with Gasteiger partial charge in [0.1, 0.15) is 11.5 Å². The summed E-state index contributed by atoms with van der Waals surface area (Å²) in [6.45, 7) is 0.479. The number of rotatable bonds is 9. The number of amides is 1. The maximum absolute atomic E-state index is 12.2. The fourth-order valence-corrected chi connectivity index (χ4v) is 2.69. The quantitative estimate of drug-likeness (QED) is 0.521. The Labute approximate surface area is 171 Å². The molecule has 0 atom stereocenters. The Morgan fingerprint density at radius 3 is 2.59 bits per heavy atom. The third kappa shape index (κ3) is 6.81. The van der Waals surface area contributed by atoms with Crippen LogP contribution in [-0.2, 0) is 4.79 Å². The van der Waals surface area contributed by atoms with Crippen LogP contribution < -0.4 is 14.8 Å². The lowest BCUT2D eigenvalue weighted by Gasteiger charge is -2.08. The second kappa shape index (κ2) is 10.7. The van der Waals surface area contributed by atoms with E-state index in [2.05, 4.69) is 10.3 Å². The Kier molecular flexibility index (Phi) is 7.41. The number of methoxy groups -OCH3 is 1. The van der Waals surface area contributed by atoms with Crippen molar-refractivity contribution in [2.75, 3.05) is 19.0 Å². The molecule has 1 heterocycles. The minimum absolute atomic E-state index is 0.0332. The molecular formula is C24H24N2O3. The zero-order valence-electron chi connectivity index (χ0n) is 16.4. The van der Waals surface area contributed by atoms with Gasteiger partial charge in [0.15, 0.2) is 0 Å².